The number of aromatic nitrogens is 1. The Kier molecular flexibility index (Phi) is 11.5. The molecule has 35 heavy (non-hydrogen) atoms. The van der Waals surface area contributed by atoms with Crippen LogP contribution in [0, 0.1) is 0 Å². The molecule has 2 atom stereocenters. The molecule has 2 rings (SSSR count). The molecule has 186 valence electrons. The number of hydrogen-bond donors (Lipinski definition) is 2. The number of rotatable bonds is 10. The number of halogens is 1. The number of nitrogens with zero attached hydrogens (tertiary/aromatic N) is 3. The summed E-state index contributed by atoms with van der Waals surface area (Å²) < 4.78 is 42.3. The number of carbonyl (C=O) groups excluding carboxylic acids is 5. The van der Waals surface area contributed by atoms with Crippen molar-refractivity contribution in [3.8, 4) is 0 Å². The van der Waals surface area contributed by atoms with Crippen LogP contribution in [0.25, 0.3) is 0 Å². The van der Waals surface area contributed by atoms with Gasteiger partial charge in [-0.3, -0.25) is 14.4 Å². The zero-order valence-corrected chi connectivity index (χ0v) is 22.6. The molecule has 1 aromatic heterocycles. The van der Waals surface area contributed by atoms with E-state index in [9.17, 15) is 36.9 Å². The molecule has 1 aromatic rings. The number of alkyl halides is 1. The van der Waals surface area contributed by atoms with Gasteiger partial charge < -0.3 is 29.5 Å². The third-order valence-electron chi connectivity index (χ3n) is 3.92. The molecule has 0 spiro atoms. The van der Waals surface area contributed by atoms with E-state index in [0.29, 0.717) is 0 Å². The molecule has 0 aliphatic carbocycles. The van der Waals surface area contributed by atoms with Gasteiger partial charge in [0.1, 0.15) is 17.6 Å². The van der Waals surface area contributed by atoms with Gasteiger partial charge in [-0.1, -0.05) is 5.16 Å². The summed E-state index contributed by atoms with van der Waals surface area (Å²) in [6.07, 6.45) is 0. The van der Waals surface area contributed by atoms with E-state index < -0.39 is 64.4 Å². The van der Waals surface area contributed by atoms with E-state index in [1.165, 1.54) is 5.38 Å². The second-order valence-corrected chi connectivity index (χ2v) is 8.39. The Bertz CT molecular complexity index is 1140. The fraction of sp³-hybridized carbons (Fsp3) is 0.400. The monoisotopic (exact) mass is 563 g/mol. The number of amides is 3. The normalized spacial score (nSPS) is 17.4. The summed E-state index contributed by atoms with van der Waals surface area (Å²) in [5.41, 5.74) is -0.835. The molecule has 0 saturated carbocycles. The van der Waals surface area contributed by atoms with E-state index >= 15 is 0 Å². The summed E-state index contributed by atoms with van der Waals surface area (Å²) in [5.74, 6) is -5.73. The van der Waals surface area contributed by atoms with Gasteiger partial charge in [-0.2, -0.15) is 0 Å². The van der Waals surface area contributed by atoms with E-state index in [1.807, 2.05) is 5.32 Å². The second-order valence-electron chi connectivity index (χ2n) is 6.02. The maximum absolute atomic E-state index is 12.8. The van der Waals surface area contributed by atoms with Crippen molar-refractivity contribution >= 4 is 73.7 Å². The Morgan fingerprint density at radius 2 is 1.94 bits per heavy atom. The Labute approximate surface area is 228 Å². The number of ether oxygens (including phenoxy) is 2. The summed E-state index contributed by atoms with van der Waals surface area (Å²) in [5, 5.41) is 9.09. The molecular weight excluding hydrogens is 549 g/mol. The smallest absolute Gasteiger partial charge is 0.731 e. The minimum absolute atomic E-state index is 0. The first-order valence-corrected chi connectivity index (χ1v) is 11.5. The van der Waals surface area contributed by atoms with Gasteiger partial charge >= 0.3 is 41.5 Å². The summed E-state index contributed by atoms with van der Waals surface area (Å²) >= 11 is 6.25. The predicted molar refractivity (Wildman–Crippen MR) is 110 cm³/mol. The first-order valence-electron chi connectivity index (χ1n) is 8.70. The molecule has 1 aliphatic rings. The third kappa shape index (κ3) is 7.56. The van der Waals surface area contributed by atoms with Gasteiger partial charge in [0, 0.05) is 5.38 Å². The summed E-state index contributed by atoms with van der Waals surface area (Å²) in [7, 11) is -3.44. The summed E-state index contributed by atoms with van der Waals surface area (Å²) in [6.45, 7) is -0.720. The minimum atomic E-state index is -5.38. The van der Waals surface area contributed by atoms with Crippen LogP contribution in [-0.4, -0.2) is 96.4 Å². The van der Waals surface area contributed by atoms with Crippen LogP contribution in [0.1, 0.15) is 5.69 Å². The molecule has 16 nitrogen and oxygen atoms in total. The molecule has 0 unspecified atom stereocenters. The van der Waals surface area contributed by atoms with Gasteiger partial charge in [-0.15, -0.1) is 22.9 Å². The zero-order chi connectivity index (χ0) is 25.6. The van der Waals surface area contributed by atoms with Crippen LogP contribution in [0.2, 0.25) is 0 Å². The number of anilines is 1. The fourth-order valence-electron chi connectivity index (χ4n) is 2.42. The average Bonchev–Trinajstić information content (AvgIpc) is 3.24. The number of β-lactam (4-membered cyclic amide) rings is 1. The predicted octanol–water partition coefficient (Wildman–Crippen LogP) is -5.45. The van der Waals surface area contributed by atoms with Crippen LogP contribution in [-0.2, 0) is 48.6 Å². The van der Waals surface area contributed by atoms with Crippen LogP contribution < -0.4 is 40.2 Å². The Balaban J connectivity index is 0.00000612. The van der Waals surface area contributed by atoms with E-state index in [-0.39, 0.29) is 50.6 Å². The largest absolute Gasteiger partial charge is 1.00 e. The summed E-state index contributed by atoms with van der Waals surface area (Å²) in [6, 6.07) is -3.77. The fourth-order valence-corrected chi connectivity index (χ4v) is 4.02. The molecule has 2 N–H and O–H groups in total. The van der Waals surface area contributed by atoms with Crippen LogP contribution >= 0.6 is 22.9 Å². The van der Waals surface area contributed by atoms with Crippen LogP contribution in [0.5, 0.6) is 0 Å². The molecule has 0 radical (unpaired) electrons. The number of thiazole rings is 1. The van der Waals surface area contributed by atoms with Gasteiger partial charge in [0.2, 0.25) is 12.5 Å². The molecule has 2 heterocycles. The van der Waals surface area contributed by atoms with Crippen molar-refractivity contribution in [1.82, 2.24) is 14.6 Å². The third-order valence-corrected chi connectivity index (χ3v) is 5.81. The molecule has 0 aromatic carbocycles. The molecule has 3 amide bonds. The number of nitrogens with one attached hydrogen (secondary N) is 2. The number of hydrogen-bond acceptors (Lipinski definition) is 14. The minimum Gasteiger partial charge on any atom is -0.731 e. The molecule has 20 heteroatoms. The van der Waals surface area contributed by atoms with E-state index in [0.717, 1.165) is 25.6 Å². The van der Waals surface area contributed by atoms with Gasteiger partial charge in [0.15, 0.2) is 27.2 Å². The van der Waals surface area contributed by atoms with Crippen molar-refractivity contribution in [1.29, 1.82) is 0 Å². The van der Waals surface area contributed by atoms with Crippen molar-refractivity contribution in [3.63, 3.8) is 0 Å². The van der Waals surface area contributed by atoms with Gasteiger partial charge in [-0.05, 0) is 0 Å². The number of methoxy groups -OCH3 is 2. The number of carbonyl (C=O) groups is 5. The van der Waals surface area contributed by atoms with Gasteiger partial charge in [0.05, 0.1) is 14.2 Å². The number of esters is 2. The first-order chi connectivity index (χ1) is 15.9. The van der Waals surface area contributed by atoms with E-state index in [2.05, 4.69) is 24.9 Å². The van der Waals surface area contributed by atoms with E-state index in [1.54, 1.807) is 0 Å². The Morgan fingerprint density at radius 3 is 2.49 bits per heavy atom. The zero-order valence-electron chi connectivity index (χ0n) is 18.2. The Hall–Kier alpha value is -2.35. The first kappa shape index (κ1) is 30.7. The Morgan fingerprint density at radius 1 is 1.29 bits per heavy atom. The van der Waals surface area contributed by atoms with E-state index in [4.69, 9.17) is 16.4 Å². The van der Waals surface area contributed by atoms with Gasteiger partial charge in [0.25, 0.3) is 11.8 Å². The molecule has 0 bridgehead atoms. The van der Waals surface area contributed by atoms with Crippen molar-refractivity contribution in [2.75, 3.05) is 32.0 Å². The maximum atomic E-state index is 12.8. The van der Waals surface area contributed by atoms with Gasteiger partial charge in [-0.25, -0.2) is 27.3 Å². The van der Waals surface area contributed by atoms with Crippen molar-refractivity contribution < 1.29 is 80.8 Å². The van der Waals surface area contributed by atoms with Crippen molar-refractivity contribution in [3.05, 3.63) is 11.1 Å². The molecule has 1 saturated heterocycles. The maximum Gasteiger partial charge on any atom is 1.00 e. The SMILES string of the molecule is COC(=O)CO/N=C(/C(=O)N[C@H]1C(=O)N(S(=O)(=O)[O-])[C@H]1C(=O)OC)c1csc(NC(=O)CCl)n1.[Na+]. The van der Waals surface area contributed by atoms with Crippen LogP contribution in [0.15, 0.2) is 10.5 Å². The number of oxime groups is 1. The molecular formula is C15H15ClN5NaO11S2. The van der Waals surface area contributed by atoms with Crippen LogP contribution in [0.4, 0.5) is 5.13 Å². The second kappa shape index (κ2) is 13.1. The van der Waals surface area contributed by atoms with Crippen LogP contribution in [0.3, 0.4) is 0 Å². The standard InChI is InChI=1S/C15H16ClN5O11S2.Na/c1-30-8(23)4-32-20-9(6-5-33-15(17-6)18-7(22)3-16)12(24)19-10-11(14(26)31-2)21(13(10)25)34(27,28)29;/h5,10-11H,3-4H2,1-2H3,(H,19,24)(H,17,18,22)(H,27,28,29);/q;+1/p-1/b20-9+;/t10-,11-;/m1./s1. The molecule has 1 aliphatic heterocycles. The quantitative estimate of drug-likeness (QED) is 0.0517. The topological polar surface area (TPSA) is 223 Å². The van der Waals surface area contributed by atoms with Crippen molar-refractivity contribution in [2.24, 2.45) is 5.16 Å². The summed E-state index contributed by atoms with van der Waals surface area (Å²) in [4.78, 5) is 68.2. The average molecular weight is 564 g/mol. The van der Waals surface area contributed by atoms with Crippen molar-refractivity contribution in [2.45, 2.75) is 12.1 Å². The molecule has 1 fully saturated rings.